The van der Waals surface area contributed by atoms with Gasteiger partial charge in [0.25, 0.3) is 0 Å². The van der Waals surface area contributed by atoms with Gasteiger partial charge >= 0.3 is 0 Å². The van der Waals surface area contributed by atoms with Crippen molar-refractivity contribution in [2.24, 2.45) is 5.41 Å². The zero-order valence-corrected chi connectivity index (χ0v) is 12.4. The predicted molar refractivity (Wildman–Crippen MR) is 79.7 cm³/mol. The summed E-state index contributed by atoms with van der Waals surface area (Å²) in [5, 5.41) is 3.36. The van der Waals surface area contributed by atoms with Crippen molar-refractivity contribution in [2.45, 2.75) is 54.4 Å². The van der Waals surface area contributed by atoms with Crippen LogP contribution in [-0.2, 0) is 6.42 Å². The van der Waals surface area contributed by atoms with Crippen molar-refractivity contribution in [1.82, 2.24) is 0 Å². The van der Waals surface area contributed by atoms with E-state index >= 15 is 0 Å². The Hall–Kier alpha value is -0.980. The molecule has 1 aliphatic heterocycles. The van der Waals surface area contributed by atoms with Crippen molar-refractivity contribution in [2.75, 3.05) is 11.9 Å². The minimum Gasteiger partial charge on any atom is -0.385 e. The van der Waals surface area contributed by atoms with E-state index in [2.05, 4.69) is 57.3 Å². The van der Waals surface area contributed by atoms with Crippen molar-refractivity contribution >= 4 is 5.69 Å². The summed E-state index contributed by atoms with van der Waals surface area (Å²) in [5.74, 6) is 0. The molecule has 1 N–H and O–H groups in total. The second kappa shape index (κ2) is 8.16. The first-order valence-electron chi connectivity index (χ1n) is 6.78. The topological polar surface area (TPSA) is 12.0 Å². The predicted octanol–water partition coefficient (Wildman–Crippen LogP) is 5.12. The van der Waals surface area contributed by atoms with Gasteiger partial charge < -0.3 is 5.32 Å². The Balaban J connectivity index is 0.000000315. The van der Waals surface area contributed by atoms with Gasteiger partial charge in [0.15, 0.2) is 0 Å². The number of para-hydroxylation sites is 1. The van der Waals surface area contributed by atoms with Crippen LogP contribution in [0, 0.1) is 5.41 Å². The fraction of sp³-hybridized carbons (Fsp3) is 0.625. The molecule has 17 heavy (non-hydrogen) atoms. The van der Waals surface area contributed by atoms with E-state index in [-0.39, 0.29) is 0 Å². The van der Waals surface area contributed by atoms with Crippen LogP contribution in [0.25, 0.3) is 0 Å². The Labute approximate surface area is 108 Å². The fourth-order valence-corrected chi connectivity index (χ4v) is 1.41. The van der Waals surface area contributed by atoms with Gasteiger partial charge in [0.1, 0.15) is 0 Å². The van der Waals surface area contributed by atoms with E-state index in [9.17, 15) is 0 Å². The van der Waals surface area contributed by atoms with Crippen LogP contribution in [0.4, 0.5) is 5.69 Å². The third kappa shape index (κ3) is 8.79. The number of hydrogen-bond acceptors (Lipinski definition) is 1. The quantitative estimate of drug-likeness (QED) is 0.658. The molecule has 1 aromatic carbocycles. The highest BCUT2D eigenvalue weighted by Crippen LogP contribution is 2.20. The first-order chi connectivity index (χ1) is 7.97. The molecule has 0 atom stereocenters. The lowest BCUT2D eigenvalue weighted by Crippen LogP contribution is -2.10. The van der Waals surface area contributed by atoms with Crippen LogP contribution in [-0.4, -0.2) is 6.54 Å². The van der Waals surface area contributed by atoms with E-state index in [0.717, 1.165) is 6.54 Å². The van der Waals surface area contributed by atoms with Gasteiger partial charge in [-0.3, -0.25) is 0 Å². The zero-order chi connectivity index (χ0) is 13.3. The highest BCUT2D eigenvalue weighted by molar-refractivity contribution is 5.52. The standard InChI is InChI=1S/C9H11N.C5H12.C2H6/c1-2-6-9-8(4-1)5-3-7-10-9;1-5(2,3)4;1-2/h1-2,4,6,10H,3,5,7H2;1-4H3;1-2H3. The number of nitrogens with one attached hydrogen (secondary N) is 1. The van der Waals surface area contributed by atoms with E-state index in [1.165, 1.54) is 24.1 Å². The molecule has 0 amide bonds. The van der Waals surface area contributed by atoms with Gasteiger partial charge in [-0.25, -0.2) is 0 Å². The van der Waals surface area contributed by atoms with Crippen molar-refractivity contribution < 1.29 is 0 Å². The smallest absolute Gasteiger partial charge is 0.0372 e. The van der Waals surface area contributed by atoms with Gasteiger partial charge in [-0.1, -0.05) is 59.7 Å². The Bertz CT molecular complexity index is 266. The summed E-state index contributed by atoms with van der Waals surface area (Å²) in [6.45, 7) is 13.9. The summed E-state index contributed by atoms with van der Waals surface area (Å²) in [5.41, 5.74) is 3.29. The Morgan fingerprint density at radius 1 is 1.00 bits per heavy atom. The zero-order valence-electron chi connectivity index (χ0n) is 12.4. The van der Waals surface area contributed by atoms with Crippen LogP contribution in [0.3, 0.4) is 0 Å². The Kier molecular flexibility index (Phi) is 7.69. The van der Waals surface area contributed by atoms with Crippen LogP contribution >= 0.6 is 0 Å². The second-order valence-electron chi connectivity index (χ2n) is 5.69. The highest BCUT2D eigenvalue weighted by Gasteiger charge is 2.04. The molecule has 0 aromatic heterocycles. The van der Waals surface area contributed by atoms with E-state index in [0.29, 0.717) is 5.41 Å². The Morgan fingerprint density at radius 2 is 1.53 bits per heavy atom. The maximum Gasteiger partial charge on any atom is 0.0372 e. The minimum absolute atomic E-state index is 0.500. The van der Waals surface area contributed by atoms with Gasteiger partial charge in [0.05, 0.1) is 0 Å². The fourth-order valence-electron chi connectivity index (χ4n) is 1.41. The largest absolute Gasteiger partial charge is 0.385 e. The van der Waals surface area contributed by atoms with Crippen LogP contribution in [0.2, 0.25) is 0 Å². The van der Waals surface area contributed by atoms with E-state index in [4.69, 9.17) is 0 Å². The molecular formula is C16H29N. The SMILES string of the molecule is CC.CC(C)(C)C.c1ccc2c(c1)CCCN2. The van der Waals surface area contributed by atoms with E-state index in [1.807, 2.05) is 13.8 Å². The maximum absolute atomic E-state index is 3.36. The summed E-state index contributed by atoms with van der Waals surface area (Å²) in [7, 11) is 0. The molecular weight excluding hydrogens is 206 g/mol. The monoisotopic (exact) mass is 235 g/mol. The number of rotatable bonds is 0. The molecule has 1 aliphatic rings. The van der Waals surface area contributed by atoms with E-state index < -0.39 is 0 Å². The van der Waals surface area contributed by atoms with Crippen molar-refractivity contribution in [1.29, 1.82) is 0 Å². The molecule has 1 heterocycles. The lowest BCUT2D eigenvalue weighted by molar-refractivity contribution is 0.469. The third-order valence-electron chi connectivity index (χ3n) is 1.96. The number of benzene rings is 1. The lowest BCUT2D eigenvalue weighted by atomic mass is 10.0. The van der Waals surface area contributed by atoms with Crippen molar-refractivity contribution in [3.8, 4) is 0 Å². The van der Waals surface area contributed by atoms with Crippen LogP contribution in [0.1, 0.15) is 53.5 Å². The van der Waals surface area contributed by atoms with Crippen LogP contribution in [0.5, 0.6) is 0 Å². The molecule has 0 fully saturated rings. The molecule has 1 heteroatoms. The molecule has 98 valence electrons. The molecule has 0 bridgehead atoms. The van der Waals surface area contributed by atoms with Gasteiger partial charge in [-0.2, -0.15) is 0 Å². The summed E-state index contributed by atoms with van der Waals surface area (Å²) < 4.78 is 0. The minimum atomic E-state index is 0.500. The molecule has 0 unspecified atom stereocenters. The molecule has 2 rings (SSSR count). The highest BCUT2D eigenvalue weighted by atomic mass is 14.9. The molecule has 0 spiro atoms. The number of hydrogen-bond donors (Lipinski definition) is 1. The molecule has 1 nitrogen and oxygen atoms in total. The number of anilines is 1. The van der Waals surface area contributed by atoms with Gasteiger partial charge in [0, 0.05) is 12.2 Å². The van der Waals surface area contributed by atoms with Crippen LogP contribution < -0.4 is 5.32 Å². The third-order valence-corrected chi connectivity index (χ3v) is 1.96. The van der Waals surface area contributed by atoms with Gasteiger partial charge in [0.2, 0.25) is 0 Å². The average molecular weight is 235 g/mol. The first-order valence-corrected chi connectivity index (χ1v) is 6.78. The first kappa shape index (κ1) is 16.0. The summed E-state index contributed by atoms with van der Waals surface area (Å²) in [6.07, 6.45) is 2.51. The molecule has 0 saturated heterocycles. The van der Waals surface area contributed by atoms with Gasteiger partial charge in [-0.15, -0.1) is 0 Å². The molecule has 1 aromatic rings. The summed E-state index contributed by atoms with van der Waals surface area (Å²) >= 11 is 0. The lowest BCUT2D eigenvalue weighted by Gasteiger charge is -2.16. The molecule has 0 radical (unpaired) electrons. The Morgan fingerprint density at radius 3 is 2.06 bits per heavy atom. The van der Waals surface area contributed by atoms with Gasteiger partial charge in [-0.05, 0) is 29.9 Å². The van der Waals surface area contributed by atoms with Crippen molar-refractivity contribution in [3.63, 3.8) is 0 Å². The van der Waals surface area contributed by atoms with E-state index in [1.54, 1.807) is 0 Å². The second-order valence-corrected chi connectivity index (χ2v) is 5.69. The van der Waals surface area contributed by atoms with Crippen molar-refractivity contribution in [3.05, 3.63) is 29.8 Å². The maximum atomic E-state index is 3.36. The number of fused-ring (bicyclic) bond motifs is 1. The number of aryl methyl sites for hydroxylation is 1. The normalized spacial score (nSPS) is 13.1. The van der Waals surface area contributed by atoms with Crippen LogP contribution in [0.15, 0.2) is 24.3 Å². The molecule has 0 aliphatic carbocycles. The summed E-state index contributed by atoms with van der Waals surface area (Å²) in [4.78, 5) is 0. The molecule has 0 saturated carbocycles. The average Bonchev–Trinajstić information content (AvgIpc) is 2.30. The summed E-state index contributed by atoms with van der Waals surface area (Å²) in [6, 6.07) is 8.53.